The fourth-order valence-corrected chi connectivity index (χ4v) is 5.06. The third kappa shape index (κ3) is 2.68. The molecule has 0 radical (unpaired) electrons. The highest BCUT2D eigenvalue weighted by Crippen LogP contribution is 2.38. The van der Waals surface area contributed by atoms with Crippen LogP contribution in [-0.4, -0.2) is 23.5 Å². The predicted molar refractivity (Wildman–Crippen MR) is 87.1 cm³/mol. The zero-order chi connectivity index (χ0) is 14.0. The molecule has 1 fully saturated rings. The van der Waals surface area contributed by atoms with Gasteiger partial charge in [-0.05, 0) is 48.6 Å². The van der Waals surface area contributed by atoms with Crippen LogP contribution < -0.4 is 5.73 Å². The molecule has 1 saturated carbocycles. The molecule has 0 aromatic carbocycles. The summed E-state index contributed by atoms with van der Waals surface area (Å²) < 4.78 is 0. The van der Waals surface area contributed by atoms with Crippen LogP contribution in [0.25, 0.3) is 0 Å². The maximum atomic E-state index is 6.28. The van der Waals surface area contributed by atoms with Crippen LogP contribution >= 0.6 is 11.3 Å². The van der Waals surface area contributed by atoms with Crippen molar-refractivity contribution >= 4 is 11.3 Å². The van der Waals surface area contributed by atoms with E-state index in [1.165, 1.54) is 51.5 Å². The first-order chi connectivity index (χ1) is 9.77. The summed E-state index contributed by atoms with van der Waals surface area (Å²) in [6.07, 6.45) is 9.33. The SMILES string of the molecule is CCC1CCCC(CN)(N2CCc3sccc3C2)CC1. The van der Waals surface area contributed by atoms with E-state index < -0.39 is 0 Å². The minimum atomic E-state index is 0.281. The van der Waals surface area contributed by atoms with Crippen LogP contribution in [0.4, 0.5) is 0 Å². The molecule has 0 spiro atoms. The maximum Gasteiger partial charge on any atom is 0.0335 e. The van der Waals surface area contributed by atoms with Gasteiger partial charge in [-0.25, -0.2) is 0 Å². The zero-order valence-corrected chi connectivity index (χ0v) is 13.6. The lowest BCUT2D eigenvalue weighted by atomic mass is 9.85. The van der Waals surface area contributed by atoms with Crippen LogP contribution in [0.2, 0.25) is 0 Å². The second-order valence-corrected chi connectivity index (χ2v) is 7.67. The summed E-state index contributed by atoms with van der Waals surface area (Å²) in [5.74, 6) is 0.935. The Morgan fingerprint density at radius 1 is 1.40 bits per heavy atom. The van der Waals surface area contributed by atoms with Gasteiger partial charge in [0.15, 0.2) is 0 Å². The molecule has 20 heavy (non-hydrogen) atoms. The predicted octanol–water partition coefficient (Wildman–Crippen LogP) is 3.79. The third-order valence-corrected chi connectivity index (χ3v) is 6.73. The molecule has 3 heteroatoms. The largest absolute Gasteiger partial charge is 0.329 e. The molecule has 0 amide bonds. The Kier molecular flexibility index (Phi) is 4.49. The second-order valence-electron chi connectivity index (χ2n) is 6.67. The van der Waals surface area contributed by atoms with Crippen LogP contribution in [0.15, 0.2) is 11.4 Å². The summed E-state index contributed by atoms with van der Waals surface area (Å²) >= 11 is 1.93. The summed E-state index contributed by atoms with van der Waals surface area (Å²) in [7, 11) is 0. The van der Waals surface area contributed by atoms with Gasteiger partial charge in [-0.15, -0.1) is 11.3 Å². The van der Waals surface area contributed by atoms with Gasteiger partial charge in [0.2, 0.25) is 0 Å². The minimum absolute atomic E-state index is 0.281. The Morgan fingerprint density at radius 3 is 3.10 bits per heavy atom. The van der Waals surface area contributed by atoms with Crippen molar-refractivity contribution < 1.29 is 0 Å². The van der Waals surface area contributed by atoms with Crippen molar-refractivity contribution in [2.45, 2.75) is 64.0 Å². The smallest absolute Gasteiger partial charge is 0.0335 e. The first-order valence-corrected chi connectivity index (χ1v) is 9.16. The maximum absolute atomic E-state index is 6.28. The standard InChI is InChI=1S/C17H28N2S/c1-2-14-4-3-8-17(13-18,9-5-14)19-10-6-16-15(12-19)7-11-20-16/h7,11,14H,2-6,8-10,12-13,18H2,1H3. The number of nitrogens with two attached hydrogens (primary N) is 1. The van der Waals surface area contributed by atoms with E-state index in [0.717, 1.165) is 19.0 Å². The van der Waals surface area contributed by atoms with Crippen LogP contribution in [0, 0.1) is 5.92 Å². The monoisotopic (exact) mass is 292 g/mol. The number of hydrogen-bond donors (Lipinski definition) is 1. The van der Waals surface area contributed by atoms with E-state index in [0.29, 0.717) is 0 Å². The number of hydrogen-bond acceptors (Lipinski definition) is 3. The van der Waals surface area contributed by atoms with Crippen molar-refractivity contribution in [3.8, 4) is 0 Å². The quantitative estimate of drug-likeness (QED) is 0.859. The van der Waals surface area contributed by atoms with Gasteiger partial charge in [0, 0.05) is 30.1 Å². The Balaban J connectivity index is 1.76. The molecule has 1 aromatic heterocycles. The summed E-state index contributed by atoms with van der Waals surface area (Å²) in [5, 5.41) is 2.25. The van der Waals surface area contributed by atoms with Gasteiger partial charge in [-0.2, -0.15) is 0 Å². The molecule has 1 aliphatic carbocycles. The highest BCUT2D eigenvalue weighted by Gasteiger charge is 2.38. The summed E-state index contributed by atoms with van der Waals surface area (Å²) in [6, 6.07) is 2.32. The van der Waals surface area contributed by atoms with E-state index in [1.807, 2.05) is 11.3 Å². The van der Waals surface area contributed by atoms with Gasteiger partial charge in [-0.3, -0.25) is 4.90 Å². The molecule has 2 heterocycles. The molecule has 0 bridgehead atoms. The molecule has 2 atom stereocenters. The van der Waals surface area contributed by atoms with Crippen molar-refractivity contribution in [2.75, 3.05) is 13.1 Å². The molecule has 2 aliphatic rings. The van der Waals surface area contributed by atoms with Crippen LogP contribution in [0.3, 0.4) is 0 Å². The van der Waals surface area contributed by atoms with Crippen molar-refractivity contribution in [3.05, 3.63) is 21.9 Å². The van der Waals surface area contributed by atoms with Crippen LogP contribution in [0.5, 0.6) is 0 Å². The van der Waals surface area contributed by atoms with E-state index in [1.54, 1.807) is 10.4 Å². The Morgan fingerprint density at radius 2 is 2.30 bits per heavy atom. The fourth-order valence-electron chi connectivity index (χ4n) is 4.17. The van der Waals surface area contributed by atoms with Crippen LogP contribution in [-0.2, 0) is 13.0 Å². The average Bonchev–Trinajstić information content (AvgIpc) is 2.85. The van der Waals surface area contributed by atoms with E-state index in [2.05, 4.69) is 23.3 Å². The summed E-state index contributed by atoms with van der Waals surface area (Å²) in [6.45, 7) is 5.52. The second kappa shape index (κ2) is 6.17. The topological polar surface area (TPSA) is 29.3 Å². The number of fused-ring (bicyclic) bond motifs is 1. The van der Waals surface area contributed by atoms with Gasteiger partial charge < -0.3 is 5.73 Å². The van der Waals surface area contributed by atoms with Gasteiger partial charge in [0.05, 0.1) is 0 Å². The molecular weight excluding hydrogens is 264 g/mol. The highest BCUT2D eigenvalue weighted by atomic mass is 32.1. The lowest BCUT2D eigenvalue weighted by Crippen LogP contribution is -2.54. The molecule has 0 saturated heterocycles. The Hall–Kier alpha value is -0.380. The van der Waals surface area contributed by atoms with Gasteiger partial charge in [0.1, 0.15) is 0 Å². The summed E-state index contributed by atoms with van der Waals surface area (Å²) in [5.41, 5.74) is 8.12. The van der Waals surface area contributed by atoms with E-state index in [9.17, 15) is 0 Å². The lowest BCUT2D eigenvalue weighted by molar-refractivity contribution is 0.0640. The average molecular weight is 292 g/mol. The molecule has 2 nitrogen and oxygen atoms in total. The molecule has 2 unspecified atom stereocenters. The van der Waals surface area contributed by atoms with E-state index in [-0.39, 0.29) is 5.54 Å². The van der Waals surface area contributed by atoms with Crippen molar-refractivity contribution in [1.29, 1.82) is 0 Å². The fraction of sp³-hybridized carbons (Fsp3) is 0.765. The van der Waals surface area contributed by atoms with Crippen molar-refractivity contribution in [2.24, 2.45) is 11.7 Å². The number of rotatable bonds is 3. The Labute approximate surface area is 127 Å². The Bertz CT molecular complexity index is 442. The zero-order valence-electron chi connectivity index (χ0n) is 12.7. The molecule has 3 rings (SSSR count). The normalized spacial score (nSPS) is 31.8. The number of thiophene rings is 1. The van der Waals surface area contributed by atoms with Crippen LogP contribution in [0.1, 0.15) is 55.9 Å². The molecular formula is C17H28N2S. The first-order valence-electron chi connectivity index (χ1n) is 8.28. The highest BCUT2D eigenvalue weighted by molar-refractivity contribution is 7.10. The van der Waals surface area contributed by atoms with Gasteiger partial charge in [-0.1, -0.05) is 26.2 Å². The van der Waals surface area contributed by atoms with Gasteiger partial charge >= 0.3 is 0 Å². The van der Waals surface area contributed by atoms with Gasteiger partial charge in [0.25, 0.3) is 0 Å². The third-order valence-electron chi connectivity index (χ3n) is 5.71. The van der Waals surface area contributed by atoms with Crippen molar-refractivity contribution in [1.82, 2.24) is 4.90 Å². The molecule has 2 N–H and O–H groups in total. The minimum Gasteiger partial charge on any atom is -0.329 e. The first kappa shape index (κ1) is 14.6. The molecule has 1 aromatic rings. The summed E-state index contributed by atoms with van der Waals surface area (Å²) in [4.78, 5) is 4.33. The van der Waals surface area contributed by atoms with E-state index >= 15 is 0 Å². The number of nitrogens with zero attached hydrogens (tertiary/aromatic N) is 1. The van der Waals surface area contributed by atoms with Crippen molar-refractivity contribution in [3.63, 3.8) is 0 Å². The van der Waals surface area contributed by atoms with E-state index in [4.69, 9.17) is 5.73 Å². The molecule has 1 aliphatic heterocycles. The lowest BCUT2D eigenvalue weighted by Gasteiger charge is -2.45. The molecule has 112 valence electrons.